The molecule has 1 aliphatic carbocycles. The molecule has 18 heavy (non-hydrogen) atoms. The lowest BCUT2D eigenvalue weighted by atomic mass is 9.79. The van der Waals surface area contributed by atoms with Crippen molar-refractivity contribution >= 4 is 5.78 Å². The van der Waals surface area contributed by atoms with E-state index in [2.05, 4.69) is 11.0 Å². The van der Waals surface area contributed by atoms with Crippen molar-refractivity contribution in [2.45, 2.75) is 63.8 Å². The third-order valence-electron chi connectivity index (χ3n) is 4.46. The van der Waals surface area contributed by atoms with Gasteiger partial charge in [-0.1, -0.05) is 12.8 Å². The highest BCUT2D eigenvalue weighted by Gasteiger charge is 2.34. The van der Waals surface area contributed by atoms with Crippen molar-refractivity contribution < 1.29 is 4.79 Å². The molecule has 3 heteroatoms. The van der Waals surface area contributed by atoms with Gasteiger partial charge in [0.05, 0.1) is 6.07 Å². The van der Waals surface area contributed by atoms with Gasteiger partial charge in [-0.25, -0.2) is 0 Å². The van der Waals surface area contributed by atoms with E-state index in [0.717, 1.165) is 38.8 Å². The summed E-state index contributed by atoms with van der Waals surface area (Å²) in [5, 5.41) is 8.63. The summed E-state index contributed by atoms with van der Waals surface area (Å²) < 4.78 is 0. The second-order valence-electron chi connectivity index (χ2n) is 5.68. The fourth-order valence-electron chi connectivity index (χ4n) is 3.53. The number of ketones is 1. The van der Waals surface area contributed by atoms with E-state index in [1.165, 1.54) is 25.7 Å². The standard InChI is InChI=1S/C15H24N2O/c16-10-4-6-12-17-11-5-3-8-14(17)13-7-1-2-9-15(13)18/h13-14H,1-9,11-12H2. The van der Waals surface area contributed by atoms with Crippen molar-refractivity contribution in [1.82, 2.24) is 4.90 Å². The van der Waals surface area contributed by atoms with Crippen molar-refractivity contribution in [2.24, 2.45) is 5.92 Å². The van der Waals surface area contributed by atoms with Gasteiger partial charge in [0.15, 0.2) is 0 Å². The van der Waals surface area contributed by atoms with Crippen LogP contribution >= 0.6 is 0 Å². The number of rotatable bonds is 4. The summed E-state index contributed by atoms with van der Waals surface area (Å²) in [5.41, 5.74) is 0. The average Bonchev–Trinajstić information content (AvgIpc) is 2.40. The molecule has 1 heterocycles. The van der Waals surface area contributed by atoms with E-state index in [1.54, 1.807) is 0 Å². The first kappa shape index (κ1) is 13.5. The lowest BCUT2D eigenvalue weighted by molar-refractivity contribution is -0.127. The van der Waals surface area contributed by atoms with E-state index in [-0.39, 0.29) is 0 Å². The molecule has 0 bridgehead atoms. The van der Waals surface area contributed by atoms with Crippen LogP contribution in [0.25, 0.3) is 0 Å². The van der Waals surface area contributed by atoms with Gasteiger partial charge in [0, 0.05) is 24.8 Å². The Labute approximate surface area is 110 Å². The topological polar surface area (TPSA) is 44.1 Å². The number of nitriles is 1. The quantitative estimate of drug-likeness (QED) is 0.718. The molecule has 1 aliphatic heterocycles. The second kappa shape index (κ2) is 6.89. The van der Waals surface area contributed by atoms with Crippen molar-refractivity contribution in [3.63, 3.8) is 0 Å². The van der Waals surface area contributed by atoms with Crippen molar-refractivity contribution in [3.05, 3.63) is 0 Å². The number of hydrogen-bond donors (Lipinski definition) is 0. The minimum atomic E-state index is 0.293. The molecule has 0 spiro atoms. The smallest absolute Gasteiger partial charge is 0.137 e. The number of piperidine rings is 1. The van der Waals surface area contributed by atoms with Gasteiger partial charge in [0.25, 0.3) is 0 Å². The summed E-state index contributed by atoms with van der Waals surface area (Å²) in [4.78, 5) is 14.6. The Bertz CT molecular complexity index is 321. The SMILES string of the molecule is N#CCCCN1CCCCC1C1CCCCC1=O. The van der Waals surface area contributed by atoms with Crippen LogP contribution in [0.2, 0.25) is 0 Å². The molecule has 2 atom stereocenters. The van der Waals surface area contributed by atoms with Crippen LogP contribution in [0.5, 0.6) is 0 Å². The minimum absolute atomic E-state index is 0.293. The van der Waals surface area contributed by atoms with E-state index in [0.29, 0.717) is 24.2 Å². The zero-order valence-corrected chi connectivity index (χ0v) is 11.2. The predicted octanol–water partition coefficient (Wildman–Crippen LogP) is 2.90. The van der Waals surface area contributed by atoms with Crippen molar-refractivity contribution in [3.8, 4) is 6.07 Å². The van der Waals surface area contributed by atoms with Crippen LogP contribution in [0.3, 0.4) is 0 Å². The number of hydrogen-bond acceptors (Lipinski definition) is 3. The molecule has 0 N–H and O–H groups in total. The fraction of sp³-hybridized carbons (Fsp3) is 0.867. The Morgan fingerprint density at radius 1 is 1.22 bits per heavy atom. The highest BCUT2D eigenvalue weighted by atomic mass is 16.1. The third-order valence-corrected chi connectivity index (χ3v) is 4.46. The number of Topliss-reactive ketones (excluding diaryl/α,β-unsaturated/α-hetero) is 1. The first-order valence-electron chi connectivity index (χ1n) is 7.46. The highest BCUT2D eigenvalue weighted by Crippen LogP contribution is 2.31. The molecular formula is C15H24N2O. The summed E-state index contributed by atoms with van der Waals surface area (Å²) in [6.07, 6.45) is 9.51. The second-order valence-corrected chi connectivity index (χ2v) is 5.68. The van der Waals surface area contributed by atoms with Crippen LogP contribution in [0.1, 0.15) is 57.8 Å². The monoisotopic (exact) mass is 248 g/mol. The van der Waals surface area contributed by atoms with Crippen LogP contribution in [0, 0.1) is 17.2 Å². The van der Waals surface area contributed by atoms with Gasteiger partial charge >= 0.3 is 0 Å². The van der Waals surface area contributed by atoms with Gasteiger partial charge in [0.2, 0.25) is 0 Å². The molecule has 0 radical (unpaired) electrons. The minimum Gasteiger partial charge on any atom is -0.300 e. The van der Waals surface area contributed by atoms with E-state index in [9.17, 15) is 4.79 Å². The van der Waals surface area contributed by atoms with Crippen molar-refractivity contribution in [1.29, 1.82) is 5.26 Å². The zero-order chi connectivity index (χ0) is 12.8. The van der Waals surface area contributed by atoms with Crippen LogP contribution in [-0.2, 0) is 4.79 Å². The normalized spacial score (nSPS) is 30.1. The molecule has 0 amide bonds. The highest BCUT2D eigenvalue weighted by molar-refractivity contribution is 5.82. The third kappa shape index (κ3) is 3.32. The summed E-state index contributed by atoms with van der Waals surface area (Å²) >= 11 is 0. The van der Waals surface area contributed by atoms with Crippen LogP contribution in [-0.4, -0.2) is 29.8 Å². The average molecular weight is 248 g/mol. The molecular weight excluding hydrogens is 224 g/mol. The molecule has 3 nitrogen and oxygen atoms in total. The Hall–Kier alpha value is -0.880. The fourth-order valence-corrected chi connectivity index (χ4v) is 3.53. The van der Waals surface area contributed by atoms with Gasteiger partial charge in [-0.3, -0.25) is 9.69 Å². The van der Waals surface area contributed by atoms with E-state index in [4.69, 9.17) is 5.26 Å². The molecule has 2 fully saturated rings. The zero-order valence-electron chi connectivity index (χ0n) is 11.2. The number of unbranched alkanes of at least 4 members (excludes halogenated alkanes) is 1. The summed E-state index contributed by atoms with van der Waals surface area (Å²) in [5.74, 6) is 0.791. The Balaban J connectivity index is 1.93. The summed E-state index contributed by atoms with van der Waals surface area (Å²) in [6, 6.07) is 2.69. The maximum atomic E-state index is 12.1. The van der Waals surface area contributed by atoms with Crippen LogP contribution in [0.4, 0.5) is 0 Å². The largest absolute Gasteiger partial charge is 0.300 e. The van der Waals surface area contributed by atoms with Gasteiger partial charge in [-0.2, -0.15) is 5.26 Å². The molecule has 2 aliphatic rings. The first-order chi connectivity index (χ1) is 8.83. The Morgan fingerprint density at radius 3 is 2.83 bits per heavy atom. The molecule has 2 unspecified atom stereocenters. The summed E-state index contributed by atoms with van der Waals surface area (Å²) in [7, 11) is 0. The number of nitrogens with zero attached hydrogens (tertiary/aromatic N) is 2. The lowest BCUT2D eigenvalue weighted by Gasteiger charge is -2.41. The van der Waals surface area contributed by atoms with Crippen LogP contribution < -0.4 is 0 Å². The Morgan fingerprint density at radius 2 is 2.06 bits per heavy atom. The molecule has 1 saturated heterocycles. The van der Waals surface area contributed by atoms with Gasteiger partial charge < -0.3 is 0 Å². The van der Waals surface area contributed by atoms with E-state index in [1.807, 2.05) is 0 Å². The lowest BCUT2D eigenvalue weighted by Crippen LogP contribution is -2.47. The van der Waals surface area contributed by atoms with E-state index >= 15 is 0 Å². The first-order valence-corrected chi connectivity index (χ1v) is 7.46. The number of likely N-dealkylation sites (tertiary alicyclic amines) is 1. The number of carbonyl (C=O) groups excluding carboxylic acids is 1. The molecule has 0 aromatic rings. The predicted molar refractivity (Wildman–Crippen MR) is 71.0 cm³/mol. The van der Waals surface area contributed by atoms with Gasteiger partial charge in [-0.05, 0) is 45.2 Å². The number of carbonyl (C=O) groups is 1. The maximum absolute atomic E-state index is 12.1. The summed E-state index contributed by atoms with van der Waals surface area (Å²) in [6.45, 7) is 2.13. The molecule has 0 aromatic carbocycles. The molecule has 100 valence electrons. The molecule has 0 aromatic heterocycles. The molecule has 2 rings (SSSR count). The van der Waals surface area contributed by atoms with Crippen LogP contribution in [0.15, 0.2) is 0 Å². The van der Waals surface area contributed by atoms with Gasteiger partial charge in [-0.15, -0.1) is 0 Å². The maximum Gasteiger partial charge on any atom is 0.137 e. The van der Waals surface area contributed by atoms with E-state index < -0.39 is 0 Å². The Kier molecular flexibility index (Phi) is 5.19. The van der Waals surface area contributed by atoms with Crippen molar-refractivity contribution in [2.75, 3.05) is 13.1 Å². The van der Waals surface area contributed by atoms with Gasteiger partial charge in [0.1, 0.15) is 5.78 Å². The molecule has 1 saturated carbocycles.